The Balaban J connectivity index is 2.02. The van der Waals surface area contributed by atoms with Crippen molar-refractivity contribution in [3.63, 3.8) is 0 Å². The zero-order valence-corrected chi connectivity index (χ0v) is 10.2. The van der Waals surface area contributed by atoms with E-state index in [1.54, 1.807) is 11.0 Å². The Morgan fingerprint density at radius 3 is 2.82 bits per heavy atom. The van der Waals surface area contributed by atoms with Crippen molar-refractivity contribution in [2.45, 2.75) is 19.3 Å². The Hall–Kier alpha value is -1.35. The minimum Gasteiger partial charge on any atom is -0.335 e. The molecule has 1 fully saturated rings. The van der Waals surface area contributed by atoms with E-state index in [1.165, 1.54) is 0 Å². The molecule has 0 spiro atoms. The van der Waals surface area contributed by atoms with Crippen molar-refractivity contribution in [3.05, 3.63) is 34.9 Å². The minimum atomic E-state index is -0.0221. The van der Waals surface area contributed by atoms with E-state index in [0.29, 0.717) is 18.0 Å². The summed E-state index contributed by atoms with van der Waals surface area (Å²) in [6.07, 6.45) is 1.63. The van der Waals surface area contributed by atoms with Gasteiger partial charge in [0.25, 0.3) is 0 Å². The number of piperidine rings is 1. The molecule has 0 aromatic heterocycles. The van der Waals surface area contributed by atoms with Crippen LogP contribution in [-0.2, 0) is 16.0 Å². The molecule has 1 aromatic carbocycles. The van der Waals surface area contributed by atoms with Gasteiger partial charge in [0.1, 0.15) is 0 Å². The molecule has 17 heavy (non-hydrogen) atoms. The maximum atomic E-state index is 12.0. The second kappa shape index (κ2) is 5.32. The highest BCUT2D eigenvalue weighted by molar-refractivity contribution is 6.31. The predicted octanol–water partition coefficient (Wildman–Crippen LogP) is 2.07. The molecule has 1 aliphatic heterocycles. The number of halogens is 1. The molecule has 1 heterocycles. The third kappa shape index (κ3) is 3.07. The molecule has 0 saturated carbocycles. The van der Waals surface area contributed by atoms with Crippen LogP contribution in [0.2, 0.25) is 5.02 Å². The molecule has 0 atom stereocenters. The first-order valence-corrected chi connectivity index (χ1v) is 6.07. The van der Waals surface area contributed by atoms with E-state index in [1.807, 2.05) is 18.2 Å². The summed E-state index contributed by atoms with van der Waals surface area (Å²) in [7, 11) is 0. The van der Waals surface area contributed by atoms with Crippen LogP contribution < -0.4 is 0 Å². The number of amides is 1. The van der Waals surface area contributed by atoms with Gasteiger partial charge in [-0.2, -0.15) is 0 Å². The topological polar surface area (TPSA) is 37.4 Å². The van der Waals surface area contributed by atoms with E-state index in [0.717, 1.165) is 12.0 Å². The van der Waals surface area contributed by atoms with Crippen LogP contribution in [-0.4, -0.2) is 29.7 Å². The first kappa shape index (κ1) is 12.1. The lowest BCUT2D eigenvalue weighted by molar-refractivity contribution is -0.137. The summed E-state index contributed by atoms with van der Waals surface area (Å²) in [6, 6.07) is 7.30. The molecule has 1 saturated heterocycles. The summed E-state index contributed by atoms with van der Waals surface area (Å²) in [4.78, 5) is 24.9. The zero-order chi connectivity index (χ0) is 12.3. The van der Waals surface area contributed by atoms with Crippen molar-refractivity contribution in [2.75, 3.05) is 13.1 Å². The normalized spacial score (nSPS) is 16.1. The molecule has 0 unspecified atom stereocenters. The van der Waals surface area contributed by atoms with Gasteiger partial charge in [-0.25, -0.2) is 0 Å². The summed E-state index contributed by atoms with van der Waals surface area (Å²) in [5.41, 5.74) is 0.817. The number of carbonyl (C=O) groups excluding carboxylic acids is 2. The molecule has 0 radical (unpaired) electrons. The Bertz CT molecular complexity index is 445. The lowest BCUT2D eigenvalue weighted by atomic mass is 10.1. The van der Waals surface area contributed by atoms with Crippen molar-refractivity contribution in [1.82, 2.24) is 4.90 Å². The van der Waals surface area contributed by atoms with Gasteiger partial charge in [0.05, 0.1) is 13.0 Å². The van der Waals surface area contributed by atoms with Gasteiger partial charge in [0, 0.05) is 18.0 Å². The highest BCUT2D eigenvalue weighted by Crippen LogP contribution is 2.17. The third-order valence-electron chi connectivity index (χ3n) is 2.90. The third-order valence-corrected chi connectivity index (χ3v) is 3.27. The van der Waals surface area contributed by atoms with E-state index in [-0.39, 0.29) is 24.7 Å². The van der Waals surface area contributed by atoms with E-state index in [9.17, 15) is 9.59 Å². The van der Waals surface area contributed by atoms with Gasteiger partial charge in [-0.1, -0.05) is 29.8 Å². The van der Waals surface area contributed by atoms with Crippen LogP contribution in [0, 0.1) is 0 Å². The average Bonchev–Trinajstić information content (AvgIpc) is 2.32. The number of hydrogen-bond donors (Lipinski definition) is 0. The van der Waals surface area contributed by atoms with Gasteiger partial charge in [-0.05, 0) is 18.1 Å². The van der Waals surface area contributed by atoms with Crippen LogP contribution >= 0.6 is 11.6 Å². The summed E-state index contributed by atoms with van der Waals surface area (Å²) in [5.74, 6) is 0.120. The first-order chi connectivity index (χ1) is 8.16. The number of hydrogen-bond acceptors (Lipinski definition) is 2. The quantitative estimate of drug-likeness (QED) is 0.807. The van der Waals surface area contributed by atoms with Crippen LogP contribution in [0.5, 0.6) is 0 Å². The second-order valence-electron chi connectivity index (χ2n) is 4.23. The summed E-state index contributed by atoms with van der Waals surface area (Å²) < 4.78 is 0. The van der Waals surface area contributed by atoms with Crippen LogP contribution in [0.25, 0.3) is 0 Å². The van der Waals surface area contributed by atoms with Crippen molar-refractivity contribution in [1.29, 1.82) is 0 Å². The maximum Gasteiger partial charge on any atom is 0.227 e. The molecule has 3 nitrogen and oxygen atoms in total. The fraction of sp³-hybridized carbons (Fsp3) is 0.385. The largest absolute Gasteiger partial charge is 0.335 e. The molecule has 2 rings (SSSR count). The van der Waals surface area contributed by atoms with Gasteiger partial charge in [0.15, 0.2) is 5.78 Å². The molecule has 4 heteroatoms. The molecule has 1 amide bonds. The zero-order valence-electron chi connectivity index (χ0n) is 9.49. The Labute approximate surface area is 105 Å². The molecule has 0 bridgehead atoms. The Kier molecular flexibility index (Phi) is 3.79. The van der Waals surface area contributed by atoms with Gasteiger partial charge < -0.3 is 4.90 Å². The van der Waals surface area contributed by atoms with Gasteiger partial charge in [-0.15, -0.1) is 0 Å². The molecule has 1 aromatic rings. The summed E-state index contributed by atoms with van der Waals surface area (Å²) in [6.45, 7) is 0.929. The number of Topliss-reactive ketones (excluding diaryl/α,β-unsaturated/α-hetero) is 1. The van der Waals surface area contributed by atoms with E-state index in [4.69, 9.17) is 11.6 Å². The standard InChI is InChI=1S/C13H14ClNO2/c14-12-6-2-1-4-10(12)8-13(17)15-7-3-5-11(16)9-15/h1-2,4,6H,3,5,7-9H2. The molecular weight excluding hydrogens is 238 g/mol. The second-order valence-corrected chi connectivity index (χ2v) is 4.63. The maximum absolute atomic E-state index is 12.0. The molecule has 90 valence electrons. The van der Waals surface area contributed by atoms with E-state index in [2.05, 4.69) is 0 Å². The number of likely N-dealkylation sites (tertiary alicyclic amines) is 1. The Morgan fingerprint density at radius 1 is 1.35 bits per heavy atom. The van der Waals surface area contributed by atoms with Crippen LogP contribution in [0.3, 0.4) is 0 Å². The predicted molar refractivity (Wildman–Crippen MR) is 66.0 cm³/mol. The van der Waals surface area contributed by atoms with E-state index >= 15 is 0 Å². The van der Waals surface area contributed by atoms with Crippen molar-refractivity contribution < 1.29 is 9.59 Å². The van der Waals surface area contributed by atoms with Gasteiger partial charge in [0.2, 0.25) is 5.91 Å². The Morgan fingerprint density at radius 2 is 2.12 bits per heavy atom. The molecule has 1 aliphatic rings. The SMILES string of the molecule is O=C1CCCN(C(=O)Cc2ccccc2Cl)C1. The lowest BCUT2D eigenvalue weighted by Gasteiger charge is -2.26. The first-order valence-electron chi connectivity index (χ1n) is 5.69. The molecular formula is C13H14ClNO2. The average molecular weight is 252 g/mol. The van der Waals surface area contributed by atoms with Gasteiger partial charge in [-0.3, -0.25) is 9.59 Å². The molecule has 0 N–H and O–H groups in total. The fourth-order valence-corrected chi connectivity index (χ4v) is 2.17. The smallest absolute Gasteiger partial charge is 0.227 e. The van der Waals surface area contributed by atoms with Crippen LogP contribution in [0.4, 0.5) is 0 Å². The fourth-order valence-electron chi connectivity index (χ4n) is 1.97. The van der Waals surface area contributed by atoms with Crippen molar-refractivity contribution >= 4 is 23.3 Å². The lowest BCUT2D eigenvalue weighted by Crippen LogP contribution is -2.40. The number of rotatable bonds is 2. The van der Waals surface area contributed by atoms with Crippen molar-refractivity contribution in [2.24, 2.45) is 0 Å². The summed E-state index contributed by atoms with van der Waals surface area (Å²) in [5, 5.41) is 0.601. The number of benzene rings is 1. The van der Waals surface area contributed by atoms with Crippen LogP contribution in [0.15, 0.2) is 24.3 Å². The van der Waals surface area contributed by atoms with Crippen LogP contribution in [0.1, 0.15) is 18.4 Å². The minimum absolute atomic E-state index is 0.0221. The summed E-state index contributed by atoms with van der Waals surface area (Å²) >= 11 is 6.00. The highest BCUT2D eigenvalue weighted by Gasteiger charge is 2.21. The van der Waals surface area contributed by atoms with E-state index < -0.39 is 0 Å². The number of nitrogens with zero attached hydrogens (tertiary/aromatic N) is 1. The monoisotopic (exact) mass is 251 g/mol. The number of carbonyl (C=O) groups is 2. The molecule has 0 aliphatic carbocycles. The van der Waals surface area contributed by atoms with Crippen molar-refractivity contribution in [3.8, 4) is 0 Å². The number of ketones is 1. The highest BCUT2D eigenvalue weighted by atomic mass is 35.5. The van der Waals surface area contributed by atoms with Gasteiger partial charge >= 0.3 is 0 Å².